The van der Waals surface area contributed by atoms with Gasteiger partial charge >= 0.3 is 0 Å². The summed E-state index contributed by atoms with van der Waals surface area (Å²) in [7, 11) is -2.55. The Morgan fingerprint density at radius 2 is 1.71 bits per heavy atom. The average molecular weight is 401 g/mol. The van der Waals surface area contributed by atoms with Crippen LogP contribution in [0.2, 0.25) is 0 Å². The molecule has 0 aliphatic carbocycles. The number of nitrogens with zero attached hydrogens (tertiary/aromatic N) is 1. The van der Waals surface area contributed by atoms with Gasteiger partial charge in [-0.2, -0.15) is 0 Å². The van der Waals surface area contributed by atoms with Crippen molar-refractivity contribution in [1.82, 2.24) is 9.79 Å². The van der Waals surface area contributed by atoms with Gasteiger partial charge in [-0.15, -0.1) is 0 Å². The van der Waals surface area contributed by atoms with Crippen LogP contribution < -0.4 is 10.8 Å². The summed E-state index contributed by atoms with van der Waals surface area (Å²) in [4.78, 5) is 29.8. The van der Waals surface area contributed by atoms with Crippen LogP contribution in [0.15, 0.2) is 70.9 Å². The normalized spacial score (nSPS) is 16.9. The van der Waals surface area contributed by atoms with E-state index in [-0.39, 0.29) is 28.5 Å². The minimum Gasteiger partial charge on any atom is -0.324 e. The highest BCUT2D eigenvalue weighted by atomic mass is 32.2. The molecule has 2 N–H and O–H groups in total. The van der Waals surface area contributed by atoms with Crippen LogP contribution in [-0.2, 0) is 19.7 Å². The molecule has 0 atom stereocenters. The van der Waals surface area contributed by atoms with Crippen LogP contribution in [0.25, 0.3) is 0 Å². The molecular formula is C19H19N3O5S. The van der Waals surface area contributed by atoms with Crippen molar-refractivity contribution in [3.05, 3.63) is 71.6 Å². The number of fused-ring (bicyclic) bond motifs is 1. The number of para-hydroxylation sites is 1. The van der Waals surface area contributed by atoms with Gasteiger partial charge in [0, 0.05) is 18.3 Å². The van der Waals surface area contributed by atoms with Crippen LogP contribution in [0.4, 0.5) is 5.69 Å². The molecule has 2 aromatic carbocycles. The predicted octanol–water partition coefficient (Wildman–Crippen LogP) is 1.89. The number of carbonyl (C=O) groups is 2. The lowest BCUT2D eigenvalue weighted by Crippen LogP contribution is -2.38. The van der Waals surface area contributed by atoms with E-state index < -0.39 is 21.7 Å². The molecule has 1 aliphatic rings. The first-order valence-corrected chi connectivity index (χ1v) is 9.82. The van der Waals surface area contributed by atoms with Crippen LogP contribution in [0.1, 0.15) is 17.3 Å². The molecule has 0 fully saturated rings. The molecule has 1 amide bonds. The molecule has 3 rings (SSSR count). The molecular weight excluding hydrogens is 382 g/mol. The second-order valence-corrected chi connectivity index (χ2v) is 8.01. The third-order valence-corrected chi connectivity index (χ3v) is 5.96. The minimum atomic E-state index is -3.85. The molecule has 9 heteroatoms. The molecule has 0 bridgehead atoms. The maximum absolute atomic E-state index is 12.8. The SMILES string of the molecule is CC(NOCC(=O)Nc1ccccc1)=C1C(=O)c2ccccc2S(=O)(=O)N1C. The molecule has 0 aromatic heterocycles. The molecule has 0 unspecified atom stereocenters. The number of sulfonamides is 1. The van der Waals surface area contributed by atoms with Gasteiger partial charge in [0.2, 0.25) is 5.78 Å². The zero-order valence-corrected chi connectivity index (χ0v) is 16.1. The van der Waals surface area contributed by atoms with Gasteiger partial charge in [-0.3, -0.25) is 24.2 Å². The van der Waals surface area contributed by atoms with Crippen molar-refractivity contribution in [2.75, 3.05) is 19.0 Å². The number of hydroxylamine groups is 1. The average Bonchev–Trinajstić information content (AvgIpc) is 2.68. The van der Waals surface area contributed by atoms with Crippen LogP contribution in [-0.4, -0.2) is 38.1 Å². The molecule has 0 saturated heterocycles. The maximum atomic E-state index is 12.8. The highest BCUT2D eigenvalue weighted by molar-refractivity contribution is 7.89. The Morgan fingerprint density at radius 1 is 1.07 bits per heavy atom. The topological polar surface area (TPSA) is 105 Å². The first-order chi connectivity index (χ1) is 13.3. The Morgan fingerprint density at radius 3 is 2.43 bits per heavy atom. The molecule has 146 valence electrons. The van der Waals surface area contributed by atoms with Crippen LogP contribution in [0.3, 0.4) is 0 Å². The number of Topliss-reactive ketones (excluding diaryl/α,β-unsaturated/α-hetero) is 1. The van der Waals surface area contributed by atoms with Gasteiger partial charge in [-0.1, -0.05) is 30.3 Å². The van der Waals surface area contributed by atoms with E-state index in [0.717, 1.165) is 4.31 Å². The maximum Gasteiger partial charge on any atom is 0.264 e. The second-order valence-electron chi connectivity index (χ2n) is 6.08. The van der Waals surface area contributed by atoms with E-state index in [0.29, 0.717) is 5.69 Å². The van der Waals surface area contributed by atoms with E-state index in [1.807, 2.05) is 6.07 Å². The summed E-state index contributed by atoms with van der Waals surface area (Å²) >= 11 is 0. The molecule has 1 heterocycles. The number of carbonyl (C=O) groups excluding carboxylic acids is 2. The van der Waals surface area contributed by atoms with Crippen molar-refractivity contribution in [1.29, 1.82) is 0 Å². The third-order valence-electron chi connectivity index (χ3n) is 4.14. The number of rotatable bonds is 5. The monoisotopic (exact) mass is 401 g/mol. The van der Waals surface area contributed by atoms with Crippen molar-refractivity contribution in [2.24, 2.45) is 0 Å². The van der Waals surface area contributed by atoms with Gasteiger partial charge in [0.1, 0.15) is 5.70 Å². The van der Waals surface area contributed by atoms with E-state index >= 15 is 0 Å². The standard InChI is InChI=1S/C19H19N3O5S/c1-13(21-27-12-17(23)20-14-8-4-3-5-9-14)18-19(24)15-10-6-7-11-16(15)28(25,26)22(18)2/h3-11,21H,12H2,1-2H3,(H,20,23). The summed E-state index contributed by atoms with van der Waals surface area (Å²) in [5, 5.41) is 2.65. The number of allylic oxidation sites excluding steroid dienone is 2. The van der Waals surface area contributed by atoms with Crippen LogP contribution in [0, 0.1) is 0 Å². The summed E-state index contributed by atoms with van der Waals surface area (Å²) in [6.07, 6.45) is 0. The van der Waals surface area contributed by atoms with Gasteiger partial charge in [0.25, 0.3) is 15.9 Å². The molecule has 1 aliphatic heterocycles. The zero-order chi connectivity index (χ0) is 20.3. The number of nitrogens with one attached hydrogen (secondary N) is 2. The second kappa shape index (κ2) is 7.83. The molecule has 28 heavy (non-hydrogen) atoms. The molecule has 8 nitrogen and oxygen atoms in total. The number of ketones is 1. The van der Waals surface area contributed by atoms with E-state index in [9.17, 15) is 18.0 Å². The summed E-state index contributed by atoms with van der Waals surface area (Å²) in [6.45, 7) is 1.17. The molecule has 0 saturated carbocycles. The number of hydrogen-bond donors (Lipinski definition) is 2. The Kier molecular flexibility index (Phi) is 5.48. The quantitative estimate of drug-likeness (QED) is 0.586. The van der Waals surface area contributed by atoms with Gasteiger partial charge < -0.3 is 5.32 Å². The first kappa shape index (κ1) is 19.6. The predicted molar refractivity (Wildman–Crippen MR) is 103 cm³/mol. The number of hydrogen-bond acceptors (Lipinski definition) is 6. The zero-order valence-electron chi connectivity index (χ0n) is 15.3. The molecule has 0 radical (unpaired) electrons. The summed E-state index contributed by atoms with van der Waals surface area (Å²) < 4.78 is 26.2. The van der Waals surface area contributed by atoms with Crippen molar-refractivity contribution < 1.29 is 22.8 Å². The van der Waals surface area contributed by atoms with Gasteiger partial charge in [0.05, 0.1) is 10.6 Å². The highest BCUT2D eigenvalue weighted by Gasteiger charge is 2.38. The summed E-state index contributed by atoms with van der Waals surface area (Å²) in [5.74, 6) is -0.854. The fraction of sp³-hybridized carbons (Fsp3) is 0.158. The minimum absolute atomic E-state index is 0.0396. The Labute approximate surface area is 162 Å². The Bertz CT molecular complexity index is 1050. The van der Waals surface area contributed by atoms with Crippen LogP contribution in [0.5, 0.6) is 0 Å². The largest absolute Gasteiger partial charge is 0.324 e. The summed E-state index contributed by atoms with van der Waals surface area (Å²) in [6, 6.07) is 14.9. The number of amides is 1. The third kappa shape index (κ3) is 3.75. The number of likely N-dealkylation sites (N-methyl/N-ethyl adjacent to an activating group) is 1. The van der Waals surface area contributed by atoms with E-state index in [1.54, 1.807) is 36.4 Å². The lowest BCUT2D eigenvalue weighted by molar-refractivity contribution is -0.122. The smallest absolute Gasteiger partial charge is 0.264 e. The summed E-state index contributed by atoms with van der Waals surface area (Å²) in [5.41, 5.74) is 3.32. The molecule has 0 spiro atoms. The number of benzene rings is 2. The first-order valence-electron chi connectivity index (χ1n) is 8.38. The van der Waals surface area contributed by atoms with E-state index in [1.165, 1.54) is 26.1 Å². The van der Waals surface area contributed by atoms with Crippen molar-refractivity contribution in [3.8, 4) is 0 Å². The number of anilines is 1. The van der Waals surface area contributed by atoms with Gasteiger partial charge in [-0.05, 0) is 31.2 Å². The Balaban J connectivity index is 1.72. The highest BCUT2D eigenvalue weighted by Crippen LogP contribution is 2.31. The van der Waals surface area contributed by atoms with Gasteiger partial charge in [-0.25, -0.2) is 8.42 Å². The Hall–Kier alpha value is -3.17. The molecule has 2 aromatic rings. The van der Waals surface area contributed by atoms with Gasteiger partial charge in [0.15, 0.2) is 6.61 Å². The van der Waals surface area contributed by atoms with E-state index in [4.69, 9.17) is 4.84 Å². The lowest BCUT2D eigenvalue weighted by atomic mass is 10.1. The fourth-order valence-corrected chi connectivity index (χ4v) is 4.25. The fourth-order valence-electron chi connectivity index (χ4n) is 2.80. The van der Waals surface area contributed by atoms with Crippen LogP contribution >= 0.6 is 0 Å². The van der Waals surface area contributed by atoms with Crippen molar-refractivity contribution >= 4 is 27.4 Å². The van der Waals surface area contributed by atoms with Crippen molar-refractivity contribution in [2.45, 2.75) is 11.8 Å². The van der Waals surface area contributed by atoms with E-state index in [2.05, 4.69) is 10.8 Å². The van der Waals surface area contributed by atoms with Crippen molar-refractivity contribution in [3.63, 3.8) is 0 Å². The lowest BCUT2D eigenvalue weighted by Gasteiger charge is -2.29.